The summed E-state index contributed by atoms with van der Waals surface area (Å²) in [6, 6.07) is 22.1. The van der Waals surface area contributed by atoms with Gasteiger partial charge in [0.2, 0.25) is 0 Å². The first-order chi connectivity index (χ1) is 16.6. The molecule has 2 heterocycles. The lowest BCUT2D eigenvalue weighted by atomic mass is 10.1. The second-order valence-electron chi connectivity index (χ2n) is 8.54. The van der Waals surface area contributed by atoms with Crippen LogP contribution in [0.15, 0.2) is 79.1 Å². The van der Waals surface area contributed by atoms with Gasteiger partial charge in [0.05, 0.1) is 6.04 Å². The summed E-state index contributed by atoms with van der Waals surface area (Å²) < 4.78 is 0. The van der Waals surface area contributed by atoms with E-state index in [1.165, 1.54) is 5.69 Å². The number of benzene rings is 2. The fourth-order valence-electron chi connectivity index (χ4n) is 4.20. The Kier molecular flexibility index (Phi) is 7.88. The molecule has 0 spiro atoms. The van der Waals surface area contributed by atoms with E-state index in [0.717, 1.165) is 42.9 Å². The standard InChI is InChI=1S/C27H31N5O2/c1-21-9-11-22(12-10-21)18-29-26(33)27(34)30-20-25(23-6-5-13-28-19-23)32-16-14-31(15-17-32)24-7-3-2-4-8-24/h2-13,19,25H,14-18,20H2,1H3,(H,29,33)(H,30,34)/t25-/m0/s1. The molecule has 2 N–H and O–H groups in total. The van der Waals surface area contributed by atoms with Crippen LogP contribution in [-0.2, 0) is 16.1 Å². The predicted octanol–water partition coefficient (Wildman–Crippen LogP) is 2.69. The van der Waals surface area contributed by atoms with Gasteiger partial charge in [-0.05, 0) is 36.2 Å². The Labute approximate surface area is 200 Å². The SMILES string of the molecule is Cc1ccc(CNC(=O)C(=O)NC[C@@H](c2cccnc2)N2CCN(c3ccccc3)CC2)cc1. The maximum atomic E-state index is 12.5. The summed E-state index contributed by atoms with van der Waals surface area (Å²) in [5.74, 6) is -1.25. The third kappa shape index (κ3) is 6.20. The fourth-order valence-corrected chi connectivity index (χ4v) is 4.20. The molecule has 1 atom stereocenters. The van der Waals surface area contributed by atoms with Gasteiger partial charge in [0.1, 0.15) is 0 Å². The maximum Gasteiger partial charge on any atom is 0.309 e. The first-order valence-electron chi connectivity index (χ1n) is 11.7. The predicted molar refractivity (Wildman–Crippen MR) is 133 cm³/mol. The Balaban J connectivity index is 1.34. The lowest BCUT2D eigenvalue weighted by Gasteiger charge is -2.40. The van der Waals surface area contributed by atoms with Gasteiger partial charge in [-0.2, -0.15) is 0 Å². The average Bonchev–Trinajstić information content (AvgIpc) is 2.89. The van der Waals surface area contributed by atoms with Crippen molar-refractivity contribution in [2.75, 3.05) is 37.6 Å². The highest BCUT2D eigenvalue weighted by Gasteiger charge is 2.26. The number of amides is 2. The number of anilines is 1. The fraction of sp³-hybridized carbons (Fsp3) is 0.296. The third-order valence-corrected chi connectivity index (χ3v) is 6.18. The van der Waals surface area contributed by atoms with E-state index in [0.29, 0.717) is 13.1 Å². The number of carbonyl (C=O) groups excluding carboxylic acids is 2. The second kappa shape index (κ2) is 11.4. The quantitative estimate of drug-likeness (QED) is 0.534. The molecular formula is C27H31N5O2. The van der Waals surface area contributed by atoms with E-state index >= 15 is 0 Å². The minimum absolute atomic E-state index is 0.0551. The van der Waals surface area contributed by atoms with Gasteiger partial charge in [-0.15, -0.1) is 0 Å². The van der Waals surface area contributed by atoms with Crippen LogP contribution >= 0.6 is 0 Å². The van der Waals surface area contributed by atoms with Gasteiger partial charge in [-0.1, -0.05) is 54.1 Å². The molecule has 176 valence electrons. The van der Waals surface area contributed by atoms with Crippen molar-refractivity contribution in [1.82, 2.24) is 20.5 Å². The number of rotatable bonds is 7. The summed E-state index contributed by atoms with van der Waals surface area (Å²) in [5.41, 5.74) is 4.35. The van der Waals surface area contributed by atoms with Crippen molar-refractivity contribution in [1.29, 1.82) is 0 Å². The number of piperazine rings is 1. The summed E-state index contributed by atoms with van der Waals surface area (Å²) in [7, 11) is 0. The van der Waals surface area contributed by atoms with Gasteiger partial charge < -0.3 is 15.5 Å². The second-order valence-corrected chi connectivity index (χ2v) is 8.54. The van der Waals surface area contributed by atoms with E-state index in [2.05, 4.69) is 49.7 Å². The van der Waals surface area contributed by atoms with E-state index in [1.54, 1.807) is 6.20 Å². The number of nitrogens with one attached hydrogen (secondary N) is 2. The lowest BCUT2D eigenvalue weighted by molar-refractivity contribution is -0.139. The number of aryl methyl sites for hydroxylation is 1. The van der Waals surface area contributed by atoms with Crippen molar-refractivity contribution < 1.29 is 9.59 Å². The van der Waals surface area contributed by atoms with Crippen molar-refractivity contribution in [2.45, 2.75) is 19.5 Å². The topological polar surface area (TPSA) is 77.6 Å². The lowest BCUT2D eigenvalue weighted by Crippen LogP contribution is -2.50. The highest BCUT2D eigenvalue weighted by atomic mass is 16.2. The van der Waals surface area contributed by atoms with Crippen LogP contribution in [0.5, 0.6) is 0 Å². The molecule has 4 rings (SSSR count). The van der Waals surface area contributed by atoms with Crippen LogP contribution < -0.4 is 15.5 Å². The van der Waals surface area contributed by atoms with Gasteiger partial charge in [-0.3, -0.25) is 19.5 Å². The molecule has 0 aliphatic carbocycles. The van der Waals surface area contributed by atoms with Crippen LogP contribution in [0.2, 0.25) is 0 Å². The van der Waals surface area contributed by atoms with Crippen molar-refractivity contribution >= 4 is 17.5 Å². The molecule has 2 amide bonds. The van der Waals surface area contributed by atoms with E-state index < -0.39 is 11.8 Å². The molecule has 1 aliphatic rings. The minimum Gasteiger partial charge on any atom is -0.369 e. The first-order valence-corrected chi connectivity index (χ1v) is 11.7. The zero-order valence-electron chi connectivity index (χ0n) is 19.5. The molecule has 3 aromatic rings. The first kappa shape index (κ1) is 23.4. The Morgan fingerprint density at radius 3 is 2.26 bits per heavy atom. The number of aromatic nitrogens is 1. The monoisotopic (exact) mass is 457 g/mol. The van der Waals surface area contributed by atoms with E-state index in [1.807, 2.05) is 55.6 Å². The summed E-state index contributed by atoms with van der Waals surface area (Å²) in [6.45, 7) is 6.16. The Bertz CT molecular complexity index is 1070. The average molecular weight is 458 g/mol. The molecule has 1 aliphatic heterocycles. The largest absolute Gasteiger partial charge is 0.369 e. The molecule has 2 aromatic carbocycles. The van der Waals surface area contributed by atoms with Crippen LogP contribution in [0, 0.1) is 6.92 Å². The molecule has 1 saturated heterocycles. The Hall–Kier alpha value is -3.71. The molecule has 0 bridgehead atoms. The highest BCUT2D eigenvalue weighted by molar-refractivity contribution is 6.35. The smallest absolute Gasteiger partial charge is 0.309 e. The summed E-state index contributed by atoms with van der Waals surface area (Å²) in [6.07, 6.45) is 3.57. The number of nitrogens with zero attached hydrogens (tertiary/aromatic N) is 3. The van der Waals surface area contributed by atoms with Crippen LogP contribution in [0.25, 0.3) is 0 Å². The van der Waals surface area contributed by atoms with Gasteiger partial charge >= 0.3 is 11.8 Å². The molecule has 7 heteroatoms. The molecule has 0 radical (unpaired) electrons. The molecule has 34 heavy (non-hydrogen) atoms. The van der Waals surface area contributed by atoms with Crippen molar-refractivity contribution in [2.24, 2.45) is 0 Å². The highest BCUT2D eigenvalue weighted by Crippen LogP contribution is 2.23. The van der Waals surface area contributed by atoms with Crippen molar-refractivity contribution in [3.05, 3.63) is 95.8 Å². The van der Waals surface area contributed by atoms with E-state index in [4.69, 9.17) is 0 Å². The molecule has 0 unspecified atom stereocenters. The number of carbonyl (C=O) groups is 2. The zero-order valence-corrected chi connectivity index (χ0v) is 19.5. The van der Waals surface area contributed by atoms with E-state index in [9.17, 15) is 9.59 Å². The molecular weight excluding hydrogens is 426 g/mol. The summed E-state index contributed by atoms with van der Waals surface area (Å²) in [5, 5.41) is 5.53. The van der Waals surface area contributed by atoms with Crippen molar-refractivity contribution in [3.8, 4) is 0 Å². The Morgan fingerprint density at radius 1 is 0.882 bits per heavy atom. The van der Waals surface area contributed by atoms with E-state index in [-0.39, 0.29) is 6.04 Å². The van der Waals surface area contributed by atoms with Crippen LogP contribution in [0.4, 0.5) is 5.69 Å². The summed E-state index contributed by atoms with van der Waals surface area (Å²) >= 11 is 0. The van der Waals surface area contributed by atoms with Gasteiger partial charge in [0.15, 0.2) is 0 Å². The Morgan fingerprint density at radius 2 is 1.59 bits per heavy atom. The molecule has 1 fully saturated rings. The summed E-state index contributed by atoms with van der Waals surface area (Å²) in [4.78, 5) is 33.8. The third-order valence-electron chi connectivity index (χ3n) is 6.18. The number of para-hydroxylation sites is 1. The van der Waals surface area contributed by atoms with Crippen molar-refractivity contribution in [3.63, 3.8) is 0 Å². The molecule has 7 nitrogen and oxygen atoms in total. The number of hydrogen-bond donors (Lipinski definition) is 2. The van der Waals surface area contributed by atoms with Crippen LogP contribution in [-0.4, -0.2) is 54.4 Å². The number of pyridine rings is 1. The number of hydrogen-bond acceptors (Lipinski definition) is 5. The minimum atomic E-state index is -0.626. The van der Waals surface area contributed by atoms with Crippen LogP contribution in [0.3, 0.4) is 0 Å². The maximum absolute atomic E-state index is 12.5. The van der Waals surface area contributed by atoms with Gasteiger partial charge in [-0.25, -0.2) is 0 Å². The van der Waals surface area contributed by atoms with Gasteiger partial charge in [0.25, 0.3) is 0 Å². The molecule has 0 saturated carbocycles. The normalized spacial score (nSPS) is 14.9. The van der Waals surface area contributed by atoms with Gasteiger partial charge in [0, 0.05) is 57.3 Å². The zero-order chi connectivity index (χ0) is 23.8. The molecule has 1 aromatic heterocycles. The van der Waals surface area contributed by atoms with Crippen LogP contribution in [0.1, 0.15) is 22.7 Å².